The Hall–Kier alpha value is -0.900. The van der Waals surface area contributed by atoms with Crippen molar-refractivity contribution in [1.82, 2.24) is 4.98 Å². The smallest absolute Gasteiger partial charge is 0.347 e. The summed E-state index contributed by atoms with van der Waals surface area (Å²) in [6, 6.07) is 0. The van der Waals surface area contributed by atoms with Crippen molar-refractivity contribution in [1.29, 1.82) is 0 Å². The molecule has 0 saturated heterocycles. The average Bonchev–Trinajstić information content (AvgIpc) is 2.85. The third kappa shape index (κ3) is 2.51. The van der Waals surface area contributed by atoms with Crippen molar-refractivity contribution in [2.24, 2.45) is 0 Å². The Labute approximate surface area is 106 Å². The molecular weight excluding hydrogens is 234 g/mol. The molecule has 1 heterocycles. The molecule has 4 heteroatoms. The lowest BCUT2D eigenvalue weighted by atomic mass is 9.91. The Morgan fingerprint density at radius 3 is 2.35 bits per heavy atom. The Bertz CT molecular complexity index is 425. The molecule has 0 bridgehead atoms. The fourth-order valence-corrected chi connectivity index (χ4v) is 3.62. The van der Waals surface area contributed by atoms with Gasteiger partial charge >= 0.3 is 5.97 Å². The minimum atomic E-state index is -0.836. The highest BCUT2D eigenvalue weighted by Crippen LogP contribution is 2.39. The van der Waals surface area contributed by atoms with Crippen LogP contribution in [-0.2, 0) is 5.41 Å². The van der Waals surface area contributed by atoms with Crippen LogP contribution in [0.25, 0.3) is 0 Å². The van der Waals surface area contributed by atoms with Crippen molar-refractivity contribution in [3.8, 4) is 0 Å². The summed E-state index contributed by atoms with van der Waals surface area (Å²) >= 11 is 1.38. The first-order valence-electron chi connectivity index (χ1n) is 6.14. The van der Waals surface area contributed by atoms with E-state index in [2.05, 4.69) is 4.98 Å². The van der Waals surface area contributed by atoms with Gasteiger partial charge in [0.05, 0.1) is 10.7 Å². The molecule has 0 aromatic carbocycles. The van der Waals surface area contributed by atoms with E-state index in [1.165, 1.54) is 24.2 Å². The third-order valence-electron chi connectivity index (χ3n) is 3.25. The van der Waals surface area contributed by atoms with Crippen LogP contribution in [0.3, 0.4) is 0 Å². The third-order valence-corrected chi connectivity index (χ3v) is 4.46. The van der Waals surface area contributed by atoms with Gasteiger partial charge in [0.2, 0.25) is 0 Å². The summed E-state index contributed by atoms with van der Waals surface area (Å²) in [5.41, 5.74) is 0.554. The van der Waals surface area contributed by atoms with Crippen molar-refractivity contribution in [2.75, 3.05) is 0 Å². The van der Waals surface area contributed by atoms with Gasteiger partial charge in [-0.05, 0) is 12.8 Å². The summed E-state index contributed by atoms with van der Waals surface area (Å²) in [6.45, 7) is 6.06. The lowest BCUT2D eigenvalue weighted by Gasteiger charge is -2.16. The number of nitrogens with zero attached hydrogens (tertiary/aromatic N) is 1. The van der Waals surface area contributed by atoms with Gasteiger partial charge in [0.15, 0.2) is 0 Å². The van der Waals surface area contributed by atoms with Crippen LogP contribution < -0.4 is 0 Å². The first-order valence-corrected chi connectivity index (χ1v) is 6.95. The molecule has 0 amide bonds. The van der Waals surface area contributed by atoms with E-state index < -0.39 is 5.97 Å². The predicted molar refractivity (Wildman–Crippen MR) is 69.0 cm³/mol. The molecule has 0 spiro atoms. The van der Waals surface area contributed by atoms with Crippen LogP contribution in [0.15, 0.2) is 0 Å². The zero-order chi connectivity index (χ0) is 12.6. The summed E-state index contributed by atoms with van der Waals surface area (Å²) in [7, 11) is 0. The lowest BCUT2D eigenvalue weighted by Crippen LogP contribution is -2.16. The molecule has 1 aliphatic carbocycles. The van der Waals surface area contributed by atoms with Crippen LogP contribution in [0.5, 0.6) is 0 Å². The molecule has 0 atom stereocenters. The number of carbonyl (C=O) groups is 1. The zero-order valence-corrected chi connectivity index (χ0v) is 11.4. The van der Waals surface area contributed by atoms with Gasteiger partial charge in [-0.1, -0.05) is 33.6 Å². The van der Waals surface area contributed by atoms with Crippen LogP contribution in [0.2, 0.25) is 0 Å². The quantitative estimate of drug-likeness (QED) is 0.872. The van der Waals surface area contributed by atoms with Gasteiger partial charge < -0.3 is 5.11 Å². The molecule has 1 saturated carbocycles. The second kappa shape index (κ2) is 4.41. The SMILES string of the molecule is CC(C)(C)c1nc(C2CCCC2)sc1C(=O)O. The second-order valence-corrected chi connectivity index (χ2v) is 6.80. The summed E-state index contributed by atoms with van der Waals surface area (Å²) in [4.78, 5) is 16.3. The summed E-state index contributed by atoms with van der Waals surface area (Å²) in [6.07, 6.45) is 4.82. The van der Waals surface area contributed by atoms with E-state index in [0.717, 1.165) is 23.5 Å². The van der Waals surface area contributed by atoms with Crippen molar-refractivity contribution in [3.63, 3.8) is 0 Å². The molecule has 0 aliphatic heterocycles. The van der Waals surface area contributed by atoms with Crippen LogP contribution in [0.4, 0.5) is 0 Å². The van der Waals surface area contributed by atoms with Gasteiger partial charge in [0.1, 0.15) is 4.88 Å². The molecule has 17 heavy (non-hydrogen) atoms. The minimum Gasteiger partial charge on any atom is -0.477 e. The van der Waals surface area contributed by atoms with E-state index in [1.54, 1.807) is 0 Å². The Balaban J connectivity index is 2.40. The number of hydrogen-bond acceptors (Lipinski definition) is 3. The van der Waals surface area contributed by atoms with Crippen molar-refractivity contribution in [3.05, 3.63) is 15.6 Å². The number of thiazole rings is 1. The van der Waals surface area contributed by atoms with Crippen molar-refractivity contribution >= 4 is 17.3 Å². The van der Waals surface area contributed by atoms with Crippen LogP contribution in [-0.4, -0.2) is 16.1 Å². The molecule has 94 valence electrons. The molecule has 0 radical (unpaired) electrons. The second-order valence-electron chi connectivity index (χ2n) is 5.77. The van der Waals surface area contributed by atoms with Gasteiger partial charge in [0.25, 0.3) is 0 Å². The van der Waals surface area contributed by atoms with Gasteiger partial charge in [-0.25, -0.2) is 9.78 Å². The average molecular weight is 253 g/mol. The molecule has 2 rings (SSSR count). The number of aromatic nitrogens is 1. The van der Waals surface area contributed by atoms with E-state index >= 15 is 0 Å². The highest BCUT2D eigenvalue weighted by Gasteiger charge is 2.30. The molecule has 1 aromatic heterocycles. The Kier molecular flexibility index (Phi) is 3.25. The molecular formula is C13H19NO2S. The standard InChI is InChI=1S/C13H19NO2S/c1-13(2,3)10-9(12(15)16)17-11(14-10)8-6-4-5-7-8/h8H,4-7H2,1-3H3,(H,15,16). The number of aromatic carboxylic acids is 1. The molecule has 1 aromatic rings. The van der Waals surface area contributed by atoms with E-state index in [4.69, 9.17) is 0 Å². The molecule has 1 N–H and O–H groups in total. The number of hydrogen-bond donors (Lipinski definition) is 1. The molecule has 1 fully saturated rings. The normalized spacial score (nSPS) is 17.6. The van der Waals surface area contributed by atoms with Gasteiger partial charge in [0, 0.05) is 11.3 Å². The summed E-state index contributed by atoms with van der Waals surface area (Å²) < 4.78 is 0. The van der Waals surface area contributed by atoms with Crippen molar-refractivity contribution in [2.45, 2.75) is 57.8 Å². The number of carboxylic acids is 1. The maximum Gasteiger partial charge on any atom is 0.347 e. The summed E-state index contributed by atoms with van der Waals surface area (Å²) in [5.74, 6) is -0.342. The number of carboxylic acid groups (broad SMARTS) is 1. The lowest BCUT2D eigenvalue weighted by molar-refractivity contribution is 0.0699. The van der Waals surface area contributed by atoms with Gasteiger partial charge in [-0.2, -0.15) is 0 Å². The molecule has 0 unspecified atom stereocenters. The fourth-order valence-electron chi connectivity index (χ4n) is 2.34. The van der Waals surface area contributed by atoms with E-state index in [-0.39, 0.29) is 5.41 Å². The van der Waals surface area contributed by atoms with Gasteiger partial charge in [-0.3, -0.25) is 0 Å². The van der Waals surface area contributed by atoms with E-state index in [1.807, 2.05) is 20.8 Å². The Morgan fingerprint density at radius 1 is 1.35 bits per heavy atom. The maximum absolute atomic E-state index is 11.3. The molecule has 3 nitrogen and oxygen atoms in total. The first-order chi connectivity index (χ1) is 7.89. The largest absolute Gasteiger partial charge is 0.477 e. The first kappa shape index (κ1) is 12.6. The van der Waals surface area contributed by atoms with Crippen LogP contribution >= 0.6 is 11.3 Å². The summed E-state index contributed by atoms with van der Waals surface area (Å²) in [5, 5.41) is 10.3. The topological polar surface area (TPSA) is 50.2 Å². The van der Waals surface area contributed by atoms with Gasteiger partial charge in [-0.15, -0.1) is 11.3 Å². The predicted octanol–water partition coefficient (Wildman–Crippen LogP) is 3.80. The van der Waals surface area contributed by atoms with Crippen molar-refractivity contribution < 1.29 is 9.90 Å². The minimum absolute atomic E-state index is 0.193. The highest BCUT2D eigenvalue weighted by atomic mass is 32.1. The highest BCUT2D eigenvalue weighted by molar-refractivity contribution is 7.13. The number of rotatable bonds is 2. The maximum atomic E-state index is 11.3. The zero-order valence-electron chi connectivity index (χ0n) is 10.6. The Morgan fingerprint density at radius 2 is 1.94 bits per heavy atom. The van der Waals surface area contributed by atoms with Crippen LogP contribution in [0, 0.1) is 0 Å². The monoisotopic (exact) mass is 253 g/mol. The fraction of sp³-hybridized carbons (Fsp3) is 0.692. The van der Waals surface area contributed by atoms with E-state index in [9.17, 15) is 9.90 Å². The van der Waals surface area contributed by atoms with E-state index in [0.29, 0.717) is 10.8 Å². The van der Waals surface area contributed by atoms with Crippen LogP contribution in [0.1, 0.15) is 72.7 Å². The molecule has 1 aliphatic rings.